The Morgan fingerprint density at radius 3 is 2.27 bits per heavy atom. The van der Waals surface area contributed by atoms with Gasteiger partial charge in [0.1, 0.15) is 0 Å². The van der Waals surface area contributed by atoms with Crippen molar-refractivity contribution in [2.75, 3.05) is 10.6 Å². The van der Waals surface area contributed by atoms with E-state index in [1.165, 1.54) is 12.1 Å². The van der Waals surface area contributed by atoms with Crippen molar-refractivity contribution in [1.29, 1.82) is 0 Å². The van der Waals surface area contributed by atoms with Crippen LogP contribution >= 0.6 is 15.9 Å². The van der Waals surface area contributed by atoms with Crippen LogP contribution in [0.2, 0.25) is 0 Å². The number of hydrogen-bond acceptors (Lipinski definition) is 3. The molecule has 2 N–H and O–H groups in total. The lowest BCUT2D eigenvalue weighted by atomic mass is 10.2. The summed E-state index contributed by atoms with van der Waals surface area (Å²) in [5, 5.41) is 5.84. The molecule has 0 bridgehead atoms. The third-order valence-corrected chi connectivity index (χ3v) is 4.22. The molecule has 0 aliphatic heterocycles. The van der Waals surface area contributed by atoms with Crippen LogP contribution in [0.3, 0.4) is 0 Å². The first-order valence-corrected chi connectivity index (χ1v) is 8.66. The highest BCUT2D eigenvalue weighted by molar-refractivity contribution is 9.08. The number of urea groups is 1. The molecule has 0 saturated carbocycles. The maximum atomic E-state index is 12.7. The van der Waals surface area contributed by atoms with E-state index in [4.69, 9.17) is 0 Å². The number of hydrogen-bond donors (Lipinski definition) is 2. The summed E-state index contributed by atoms with van der Waals surface area (Å²) in [7, 11) is -4.74. The Hall–Kier alpha value is -1.93. The number of amides is 2. The van der Waals surface area contributed by atoms with Crippen molar-refractivity contribution in [2.45, 2.75) is 10.2 Å². The van der Waals surface area contributed by atoms with Gasteiger partial charge in [0.15, 0.2) is 0 Å². The average molecular weight is 387 g/mol. The van der Waals surface area contributed by atoms with Gasteiger partial charge in [-0.25, -0.2) is 4.79 Å². The molecule has 0 fully saturated rings. The van der Waals surface area contributed by atoms with E-state index in [1.54, 1.807) is 6.07 Å². The molecule has 0 heterocycles. The third kappa shape index (κ3) is 4.54. The van der Waals surface area contributed by atoms with Gasteiger partial charge in [0, 0.05) is 16.7 Å². The fourth-order valence-electron chi connectivity index (χ4n) is 1.73. The topological polar surface area (TPSA) is 75.3 Å². The minimum absolute atomic E-state index is 0.349. The fraction of sp³-hybridized carbons (Fsp3) is 0.0714. The Balaban J connectivity index is 2.02. The molecule has 2 aromatic rings. The Morgan fingerprint density at radius 2 is 1.68 bits per heavy atom. The van der Waals surface area contributed by atoms with Crippen molar-refractivity contribution in [3.8, 4) is 0 Å². The van der Waals surface area contributed by atoms with Crippen molar-refractivity contribution >= 4 is 43.6 Å². The van der Waals surface area contributed by atoms with Gasteiger partial charge in [0.25, 0.3) is 0 Å². The summed E-state index contributed by atoms with van der Waals surface area (Å²) in [4.78, 5) is 11.4. The van der Waals surface area contributed by atoms with Crippen molar-refractivity contribution < 1.29 is 17.1 Å². The average Bonchev–Trinajstić information content (AvgIpc) is 2.47. The lowest BCUT2D eigenvalue weighted by molar-refractivity contribution is 0.262. The van der Waals surface area contributed by atoms with Gasteiger partial charge < -0.3 is 10.6 Å². The number of carbonyl (C=O) groups is 1. The lowest BCUT2D eigenvalue weighted by Gasteiger charge is -2.08. The molecule has 2 amide bonds. The van der Waals surface area contributed by atoms with Crippen LogP contribution in [0.15, 0.2) is 53.4 Å². The Morgan fingerprint density at radius 1 is 1.05 bits per heavy atom. The molecule has 0 atom stereocenters. The van der Waals surface area contributed by atoms with E-state index in [2.05, 4.69) is 26.6 Å². The van der Waals surface area contributed by atoms with Gasteiger partial charge in [0.05, 0.1) is 4.90 Å². The SMILES string of the molecule is O=C(Nc1ccc(S(=O)(=O)F)cc1)Nc1cccc(CBr)c1. The first-order valence-electron chi connectivity index (χ1n) is 6.16. The fourth-order valence-corrected chi connectivity index (χ4v) is 2.54. The van der Waals surface area contributed by atoms with E-state index < -0.39 is 21.1 Å². The van der Waals surface area contributed by atoms with E-state index in [0.29, 0.717) is 16.7 Å². The molecule has 0 aliphatic carbocycles. The second-order valence-corrected chi connectivity index (χ2v) is 6.28. The molecule has 5 nitrogen and oxygen atoms in total. The van der Waals surface area contributed by atoms with Gasteiger partial charge in [-0.1, -0.05) is 28.1 Å². The zero-order chi connectivity index (χ0) is 16.2. The summed E-state index contributed by atoms with van der Waals surface area (Å²) >= 11 is 3.33. The maximum Gasteiger partial charge on any atom is 0.332 e. The van der Waals surface area contributed by atoms with Gasteiger partial charge in [-0.15, -0.1) is 3.89 Å². The monoisotopic (exact) mass is 386 g/mol. The second-order valence-electron chi connectivity index (χ2n) is 4.38. The maximum absolute atomic E-state index is 12.7. The summed E-state index contributed by atoms with van der Waals surface area (Å²) in [5.41, 5.74) is 1.98. The van der Waals surface area contributed by atoms with E-state index in [-0.39, 0.29) is 0 Å². The highest BCUT2D eigenvalue weighted by atomic mass is 79.9. The predicted molar refractivity (Wildman–Crippen MR) is 86.5 cm³/mol. The summed E-state index contributed by atoms with van der Waals surface area (Å²) < 4.78 is 34.1. The summed E-state index contributed by atoms with van der Waals surface area (Å²) in [6.45, 7) is 0. The summed E-state index contributed by atoms with van der Waals surface area (Å²) in [6, 6.07) is 11.6. The first kappa shape index (κ1) is 16.4. The number of anilines is 2. The standard InChI is InChI=1S/C14H12BrFN2O3S/c15-9-10-2-1-3-12(8-10)18-14(19)17-11-4-6-13(7-5-11)22(16,20)21/h1-8H,9H2,(H2,17,18,19). The molecule has 8 heteroatoms. The van der Waals surface area contributed by atoms with Crippen LogP contribution < -0.4 is 10.6 Å². The van der Waals surface area contributed by atoms with Crippen LogP contribution in [0.1, 0.15) is 5.56 Å². The number of benzene rings is 2. The molecule has 116 valence electrons. The van der Waals surface area contributed by atoms with Gasteiger partial charge >= 0.3 is 16.3 Å². The Labute approximate surface area is 135 Å². The van der Waals surface area contributed by atoms with Crippen molar-refractivity contribution in [1.82, 2.24) is 0 Å². The van der Waals surface area contributed by atoms with E-state index in [9.17, 15) is 17.1 Å². The number of carbonyl (C=O) groups excluding carboxylic acids is 1. The minimum Gasteiger partial charge on any atom is -0.308 e. The summed E-state index contributed by atoms with van der Waals surface area (Å²) in [5.74, 6) is 0. The van der Waals surface area contributed by atoms with Crippen LogP contribution in [0.4, 0.5) is 20.1 Å². The molecule has 2 aromatic carbocycles. The molecule has 0 saturated heterocycles. The molecular formula is C14H12BrFN2O3S. The molecule has 0 aromatic heterocycles. The molecule has 0 unspecified atom stereocenters. The Bertz CT molecular complexity index is 779. The second kappa shape index (κ2) is 6.89. The largest absolute Gasteiger partial charge is 0.332 e. The molecule has 0 aliphatic rings. The van der Waals surface area contributed by atoms with E-state index >= 15 is 0 Å². The molecule has 0 radical (unpaired) electrons. The summed E-state index contributed by atoms with van der Waals surface area (Å²) in [6.07, 6.45) is 0. The third-order valence-electron chi connectivity index (χ3n) is 2.73. The van der Waals surface area contributed by atoms with Gasteiger partial charge in [-0.05, 0) is 42.0 Å². The van der Waals surface area contributed by atoms with Crippen LogP contribution in [0.5, 0.6) is 0 Å². The van der Waals surface area contributed by atoms with Crippen molar-refractivity contribution in [3.05, 3.63) is 54.1 Å². The van der Waals surface area contributed by atoms with Crippen LogP contribution in [0.25, 0.3) is 0 Å². The van der Waals surface area contributed by atoms with Crippen molar-refractivity contribution in [3.63, 3.8) is 0 Å². The quantitative estimate of drug-likeness (QED) is 0.618. The van der Waals surface area contributed by atoms with E-state index in [1.807, 2.05) is 18.2 Å². The van der Waals surface area contributed by atoms with Crippen LogP contribution in [-0.2, 0) is 15.6 Å². The van der Waals surface area contributed by atoms with Gasteiger partial charge in [0.2, 0.25) is 0 Å². The number of alkyl halides is 1. The lowest BCUT2D eigenvalue weighted by Crippen LogP contribution is -2.19. The molecule has 0 spiro atoms. The van der Waals surface area contributed by atoms with Gasteiger partial charge in [-0.3, -0.25) is 0 Å². The number of halogens is 2. The van der Waals surface area contributed by atoms with Gasteiger partial charge in [-0.2, -0.15) is 8.42 Å². The zero-order valence-electron chi connectivity index (χ0n) is 11.2. The Kier molecular flexibility index (Phi) is 5.15. The minimum atomic E-state index is -4.74. The number of nitrogens with one attached hydrogen (secondary N) is 2. The smallest absolute Gasteiger partial charge is 0.308 e. The van der Waals surface area contributed by atoms with Crippen molar-refractivity contribution in [2.24, 2.45) is 0 Å². The molecule has 22 heavy (non-hydrogen) atoms. The first-order chi connectivity index (χ1) is 10.4. The molecule has 2 rings (SSSR count). The van der Waals surface area contributed by atoms with E-state index in [0.717, 1.165) is 17.7 Å². The normalized spacial score (nSPS) is 11.0. The highest BCUT2D eigenvalue weighted by Gasteiger charge is 2.11. The molecular weight excluding hydrogens is 375 g/mol. The highest BCUT2D eigenvalue weighted by Crippen LogP contribution is 2.17. The van der Waals surface area contributed by atoms with Crippen LogP contribution in [0, 0.1) is 0 Å². The zero-order valence-corrected chi connectivity index (χ0v) is 13.6. The van der Waals surface area contributed by atoms with Crippen LogP contribution in [-0.4, -0.2) is 14.4 Å². The predicted octanol–water partition coefficient (Wildman–Crippen LogP) is 3.88. The number of rotatable bonds is 4.